The van der Waals surface area contributed by atoms with E-state index in [4.69, 9.17) is 14.9 Å². The maximum atomic E-state index is 11.7. The first kappa shape index (κ1) is 12.0. The van der Waals surface area contributed by atoms with Gasteiger partial charge in [0.25, 0.3) is 0 Å². The fourth-order valence-corrected chi connectivity index (χ4v) is 1.72. The molecule has 0 aliphatic heterocycles. The molecule has 2 aromatic rings. The summed E-state index contributed by atoms with van der Waals surface area (Å²) in [5, 5.41) is 0.541. The van der Waals surface area contributed by atoms with Gasteiger partial charge in [-0.05, 0) is 19.1 Å². The number of carbonyl (C=O) groups is 2. The summed E-state index contributed by atoms with van der Waals surface area (Å²) in [6.07, 6.45) is -1.15. The number of rotatable bonds is 2. The zero-order chi connectivity index (χ0) is 13.3. The molecule has 0 radical (unpaired) electrons. The molecule has 0 bridgehead atoms. The van der Waals surface area contributed by atoms with E-state index in [1.54, 1.807) is 25.1 Å². The Hall–Kier alpha value is -2.50. The van der Waals surface area contributed by atoms with Gasteiger partial charge in [-0.1, -0.05) is 0 Å². The van der Waals surface area contributed by atoms with E-state index in [9.17, 15) is 9.59 Å². The van der Waals surface area contributed by atoms with Crippen LogP contribution in [0.5, 0.6) is 5.75 Å². The van der Waals surface area contributed by atoms with Crippen molar-refractivity contribution in [3.8, 4) is 5.75 Å². The second-order valence-electron chi connectivity index (χ2n) is 3.60. The summed E-state index contributed by atoms with van der Waals surface area (Å²) < 4.78 is 14.8. The zero-order valence-corrected chi connectivity index (χ0v) is 9.85. The van der Waals surface area contributed by atoms with E-state index in [0.717, 1.165) is 0 Å². The van der Waals surface area contributed by atoms with Gasteiger partial charge < -0.3 is 19.6 Å². The molecular weight excluding hydrogens is 238 g/mol. The monoisotopic (exact) mass is 249 g/mol. The third-order valence-corrected chi connectivity index (χ3v) is 2.47. The maximum Gasteiger partial charge on any atom is 0.412 e. The van der Waals surface area contributed by atoms with Crippen molar-refractivity contribution in [1.29, 1.82) is 0 Å². The Morgan fingerprint density at radius 1 is 1.33 bits per heavy atom. The molecule has 94 valence electrons. The van der Waals surface area contributed by atoms with Crippen LogP contribution >= 0.6 is 0 Å². The van der Waals surface area contributed by atoms with E-state index in [0.29, 0.717) is 22.5 Å². The second kappa shape index (κ2) is 4.40. The first-order valence-electron chi connectivity index (χ1n) is 5.11. The number of primary amides is 1. The lowest BCUT2D eigenvalue weighted by Crippen LogP contribution is -2.18. The van der Waals surface area contributed by atoms with Gasteiger partial charge in [-0.15, -0.1) is 0 Å². The molecule has 0 saturated carbocycles. The molecule has 0 saturated heterocycles. The van der Waals surface area contributed by atoms with Gasteiger partial charge in [-0.3, -0.25) is 0 Å². The highest BCUT2D eigenvalue weighted by molar-refractivity contribution is 6.07. The molecule has 0 atom stereocenters. The summed E-state index contributed by atoms with van der Waals surface area (Å²) in [7, 11) is 1.53. The summed E-state index contributed by atoms with van der Waals surface area (Å²) in [6, 6.07) is 4.98. The van der Waals surface area contributed by atoms with Crippen molar-refractivity contribution in [3.05, 3.63) is 29.5 Å². The smallest absolute Gasteiger partial charge is 0.412 e. The number of ether oxygens (including phenoxy) is 2. The van der Waals surface area contributed by atoms with Crippen LogP contribution in [0.25, 0.3) is 11.0 Å². The molecular formula is C12H11NO5. The van der Waals surface area contributed by atoms with Crippen LogP contribution in [0.3, 0.4) is 0 Å². The highest BCUT2D eigenvalue weighted by Crippen LogP contribution is 2.29. The average molecular weight is 249 g/mol. The summed E-state index contributed by atoms with van der Waals surface area (Å²) >= 11 is 0. The minimum Gasteiger partial charge on any atom is -0.497 e. The van der Waals surface area contributed by atoms with Crippen molar-refractivity contribution in [2.45, 2.75) is 6.92 Å². The van der Waals surface area contributed by atoms with Crippen molar-refractivity contribution in [1.82, 2.24) is 0 Å². The van der Waals surface area contributed by atoms with Gasteiger partial charge in [0.1, 0.15) is 22.7 Å². The fourth-order valence-electron chi connectivity index (χ4n) is 1.72. The second-order valence-corrected chi connectivity index (χ2v) is 3.60. The number of nitrogens with two attached hydrogens (primary N) is 1. The molecule has 1 aromatic carbocycles. The van der Waals surface area contributed by atoms with Crippen LogP contribution in [0.4, 0.5) is 4.79 Å². The highest BCUT2D eigenvalue weighted by Gasteiger charge is 2.21. The maximum absolute atomic E-state index is 11.7. The molecule has 18 heavy (non-hydrogen) atoms. The predicted molar refractivity (Wildman–Crippen MR) is 62.5 cm³/mol. The Labute approximate surface area is 102 Å². The molecule has 1 aromatic heterocycles. The van der Waals surface area contributed by atoms with Crippen LogP contribution in [0.2, 0.25) is 0 Å². The van der Waals surface area contributed by atoms with Gasteiger partial charge in [-0.25, -0.2) is 9.59 Å². The van der Waals surface area contributed by atoms with E-state index < -0.39 is 12.1 Å². The van der Waals surface area contributed by atoms with E-state index in [-0.39, 0.29) is 5.56 Å². The van der Waals surface area contributed by atoms with E-state index in [1.165, 1.54) is 7.11 Å². The fraction of sp³-hybridized carbons (Fsp3) is 0.167. The van der Waals surface area contributed by atoms with Gasteiger partial charge in [0.15, 0.2) is 0 Å². The summed E-state index contributed by atoms with van der Waals surface area (Å²) in [6.45, 7) is 1.60. The lowest BCUT2D eigenvalue weighted by molar-refractivity contribution is 0.0638. The number of aryl methyl sites for hydroxylation is 1. The molecule has 2 N–H and O–H groups in total. The van der Waals surface area contributed by atoms with Crippen molar-refractivity contribution >= 4 is 23.0 Å². The van der Waals surface area contributed by atoms with Crippen LogP contribution in [0.1, 0.15) is 16.1 Å². The zero-order valence-electron chi connectivity index (χ0n) is 9.85. The quantitative estimate of drug-likeness (QED) is 0.649. The molecule has 1 amide bonds. The van der Waals surface area contributed by atoms with Gasteiger partial charge >= 0.3 is 12.1 Å². The Balaban J connectivity index is 2.54. The Morgan fingerprint density at radius 3 is 2.67 bits per heavy atom. The number of esters is 1. The molecule has 1 heterocycles. The summed E-state index contributed by atoms with van der Waals surface area (Å²) in [4.78, 5) is 22.3. The Morgan fingerprint density at radius 2 is 2.06 bits per heavy atom. The number of carbonyl (C=O) groups excluding carboxylic acids is 2. The minimum atomic E-state index is -1.15. The number of fused-ring (bicyclic) bond motifs is 1. The molecule has 0 aliphatic carbocycles. The van der Waals surface area contributed by atoms with Crippen molar-refractivity contribution in [2.75, 3.05) is 7.11 Å². The first-order valence-corrected chi connectivity index (χ1v) is 5.11. The van der Waals surface area contributed by atoms with Crippen molar-refractivity contribution in [3.63, 3.8) is 0 Å². The topological polar surface area (TPSA) is 91.8 Å². The lowest BCUT2D eigenvalue weighted by Gasteiger charge is -1.99. The van der Waals surface area contributed by atoms with E-state index >= 15 is 0 Å². The summed E-state index contributed by atoms with van der Waals surface area (Å²) in [5.41, 5.74) is 5.47. The third-order valence-electron chi connectivity index (χ3n) is 2.47. The first-order chi connectivity index (χ1) is 8.52. The molecule has 0 fully saturated rings. The molecule has 0 spiro atoms. The minimum absolute atomic E-state index is 0.187. The van der Waals surface area contributed by atoms with E-state index in [2.05, 4.69) is 4.74 Å². The Bertz CT molecular complexity index is 629. The van der Waals surface area contributed by atoms with Crippen LogP contribution in [-0.2, 0) is 4.74 Å². The predicted octanol–water partition coefficient (Wildman–Crippen LogP) is 1.99. The molecule has 0 aliphatic rings. The molecule has 6 nitrogen and oxygen atoms in total. The van der Waals surface area contributed by atoms with Gasteiger partial charge in [-0.2, -0.15) is 0 Å². The third kappa shape index (κ3) is 2.00. The number of hydrogen-bond donors (Lipinski definition) is 1. The van der Waals surface area contributed by atoms with Gasteiger partial charge in [0, 0.05) is 11.5 Å². The van der Waals surface area contributed by atoms with Gasteiger partial charge in [0.2, 0.25) is 0 Å². The normalized spacial score (nSPS) is 10.3. The largest absolute Gasteiger partial charge is 0.497 e. The number of hydrogen-bond acceptors (Lipinski definition) is 5. The number of amides is 1. The van der Waals surface area contributed by atoms with Crippen LogP contribution in [0, 0.1) is 6.92 Å². The average Bonchev–Trinajstić information content (AvgIpc) is 2.62. The van der Waals surface area contributed by atoms with E-state index in [1.807, 2.05) is 0 Å². The lowest BCUT2D eigenvalue weighted by atomic mass is 10.1. The molecule has 6 heteroatoms. The Kier molecular flexibility index (Phi) is 2.93. The van der Waals surface area contributed by atoms with Crippen LogP contribution in [0.15, 0.2) is 22.6 Å². The van der Waals surface area contributed by atoms with Crippen LogP contribution < -0.4 is 10.5 Å². The standard InChI is InChI=1S/C12H11NO5/c1-6-10(11(14)18-12(13)15)8-4-3-7(16-2)5-9(8)17-6/h3-5H,1-2H3,(H2,13,15). The van der Waals surface area contributed by atoms with Crippen molar-refractivity contribution < 1.29 is 23.5 Å². The van der Waals surface area contributed by atoms with Crippen molar-refractivity contribution in [2.24, 2.45) is 5.73 Å². The molecule has 2 rings (SSSR count). The summed E-state index contributed by atoms with van der Waals surface area (Å²) in [5.74, 6) is 0.125. The van der Waals surface area contributed by atoms with Gasteiger partial charge in [0.05, 0.1) is 7.11 Å². The molecule has 0 unspecified atom stereocenters. The number of benzene rings is 1. The SMILES string of the molecule is COc1ccc2c(C(=O)OC(N)=O)c(C)oc2c1. The van der Waals surface area contributed by atoms with Crippen LogP contribution in [-0.4, -0.2) is 19.2 Å². The number of methoxy groups -OCH3 is 1. The highest BCUT2D eigenvalue weighted by atomic mass is 16.6. The number of furan rings is 1.